The summed E-state index contributed by atoms with van der Waals surface area (Å²) in [6, 6.07) is 12.0. The van der Waals surface area contributed by atoms with Gasteiger partial charge in [-0.15, -0.1) is 0 Å². The molecule has 0 N–H and O–H groups in total. The third kappa shape index (κ3) is 15.1. The van der Waals surface area contributed by atoms with Crippen LogP contribution in [0.2, 0.25) is 0 Å². The molecule has 5 heteroatoms. The highest BCUT2D eigenvalue weighted by atomic mass is 16.5. The van der Waals surface area contributed by atoms with Crippen LogP contribution in [0.5, 0.6) is 17.2 Å². The SMILES string of the molecule is CCCCCCOC(=Cc1cccc(CC)c1)C(=O)c1ccc(OCCCCCC)c(OCCCCCC)c1OCCCCCC. The summed E-state index contributed by atoms with van der Waals surface area (Å²) in [5.41, 5.74) is 2.64. The van der Waals surface area contributed by atoms with Gasteiger partial charge < -0.3 is 18.9 Å². The van der Waals surface area contributed by atoms with Crippen molar-refractivity contribution in [2.75, 3.05) is 26.4 Å². The number of Topliss-reactive ketones (excluding diaryl/α,β-unsaturated/α-hetero) is 1. The zero-order valence-corrected chi connectivity index (χ0v) is 29.9. The molecule has 0 saturated heterocycles. The van der Waals surface area contributed by atoms with Crippen LogP contribution in [0, 0.1) is 0 Å². The average Bonchev–Trinajstić information content (AvgIpc) is 3.07. The summed E-state index contributed by atoms with van der Waals surface area (Å²) in [7, 11) is 0. The molecule has 0 heterocycles. The number of ether oxygens (including phenoxy) is 4. The third-order valence-electron chi connectivity index (χ3n) is 8.20. The van der Waals surface area contributed by atoms with E-state index in [9.17, 15) is 4.79 Å². The van der Waals surface area contributed by atoms with E-state index in [-0.39, 0.29) is 5.78 Å². The Kier molecular flexibility index (Phi) is 21.5. The number of unbranched alkanes of at least 4 members (excludes halogenated alkanes) is 12. The Balaban J connectivity index is 2.51. The van der Waals surface area contributed by atoms with Crippen LogP contribution in [0.15, 0.2) is 42.2 Å². The van der Waals surface area contributed by atoms with Crippen molar-refractivity contribution in [1.29, 1.82) is 0 Å². The fourth-order valence-corrected chi connectivity index (χ4v) is 5.30. The smallest absolute Gasteiger partial charge is 0.231 e. The van der Waals surface area contributed by atoms with Crippen molar-refractivity contribution in [2.45, 2.75) is 144 Å². The van der Waals surface area contributed by atoms with Crippen LogP contribution in [-0.2, 0) is 11.2 Å². The van der Waals surface area contributed by atoms with Gasteiger partial charge in [-0.3, -0.25) is 4.79 Å². The van der Waals surface area contributed by atoms with Gasteiger partial charge in [0, 0.05) is 0 Å². The summed E-state index contributed by atoms with van der Waals surface area (Å²) in [6.45, 7) is 13.1. The second-order valence-corrected chi connectivity index (χ2v) is 12.3. The summed E-state index contributed by atoms with van der Waals surface area (Å²) < 4.78 is 25.5. The molecule has 0 bridgehead atoms. The van der Waals surface area contributed by atoms with Crippen LogP contribution >= 0.6 is 0 Å². The van der Waals surface area contributed by atoms with E-state index in [0.29, 0.717) is 55.0 Å². The molecule has 2 aromatic carbocycles. The van der Waals surface area contributed by atoms with Crippen LogP contribution < -0.4 is 14.2 Å². The van der Waals surface area contributed by atoms with E-state index in [4.69, 9.17) is 18.9 Å². The molecule has 0 radical (unpaired) electrons. The fraction of sp³-hybridized carbons (Fsp3) is 0.634. The molecule has 46 heavy (non-hydrogen) atoms. The number of ketones is 1. The summed E-state index contributed by atoms with van der Waals surface area (Å²) in [5.74, 6) is 1.82. The maximum absolute atomic E-state index is 14.4. The van der Waals surface area contributed by atoms with E-state index >= 15 is 0 Å². The van der Waals surface area contributed by atoms with Crippen molar-refractivity contribution in [1.82, 2.24) is 0 Å². The fourth-order valence-electron chi connectivity index (χ4n) is 5.30. The molecule has 2 aromatic rings. The van der Waals surface area contributed by atoms with E-state index < -0.39 is 0 Å². The van der Waals surface area contributed by atoms with Gasteiger partial charge in [-0.1, -0.05) is 136 Å². The van der Waals surface area contributed by atoms with Gasteiger partial charge >= 0.3 is 0 Å². The normalized spacial score (nSPS) is 11.5. The zero-order chi connectivity index (χ0) is 33.2. The largest absolute Gasteiger partial charge is 0.490 e. The molecule has 0 aliphatic heterocycles. The zero-order valence-electron chi connectivity index (χ0n) is 29.9. The first kappa shape index (κ1) is 39.2. The lowest BCUT2D eigenvalue weighted by Gasteiger charge is -2.20. The topological polar surface area (TPSA) is 54.0 Å². The second kappa shape index (κ2) is 25.2. The van der Waals surface area contributed by atoms with Crippen molar-refractivity contribution in [3.63, 3.8) is 0 Å². The molecule has 0 amide bonds. The van der Waals surface area contributed by atoms with E-state index in [2.05, 4.69) is 46.8 Å². The maximum Gasteiger partial charge on any atom is 0.231 e. The van der Waals surface area contributed by atoms with Crippen LogP contribution in [0.3, 0.4) is 0 Å². The monoisotopic (exact) mass is 636 g/mol. The molecule has 5 nitrogen and oxygen atoms in total. The van der Waals surface area contributed by atoms with Crippen molar-refractivity contribution in [2.24, 2.45) is 0 Å². The molecule has 0 aliphatic carbocycles. The van der Waals surface area contributed by atoms with E-state index in [1.807, 2.05) is 30.3 Å². The highest BCUT2D eigenvalue weighted by molar-refractivity contribution is 6.12. The molecule has 0 saturated carbocycles. The quantitative estimate of drug-likeness (QED) is 0.0402. The predicted molar refractivity (Wildman–Crippen MR) is 194 cm³/mol. The van der Waals surface area contributed by atoms with Crippen molar-refractivity contribution >= 4 is 11.9 Å². The van der Waals surface area contributed by atoms with Gasteiger partial charge in [0.25, 0.3) is 0 Å². The van der Waals surface area contributed by atoms with Crippen LogP contribution in [0.25, 0.3) is 6.08 Å². The Hall–Kier alpha value is -2.95. The number of hydrogen-bond donors (Lipinski definition) is 0. The van der Waals surface area contributed by atoms with Crippen LogP contribution in [0.4, 0.5) is 0 Å². The molecule has 258 valence electrons. The Morgan fingerprint density at radius 2 is 1.13 bits per heavy atom. The van der Waals surface area contributed by atoms with Gasteiger partial charge in [0.15, 0.2) is 17.3 Å². The number of carbonyl (C=O) groups excluding carboxylic acids is 1. The number of allylic oxidation sites excluding steroid dienone is 1. The second-order valence-electron chi connectivity index (χ2n) is 12.3. The Morgan fingerprint density at radius 1 is 0.587 bits per heavy atom. The first-order chi connectivity index (χ1) is 22.6. The third-order valence-corrected chi connectivity index (χ3v) is 8.20. The Bertz CT molecular complexity index is 1120. The van der Waals surface area contributed by atoms with Crippen molar-refractivity contribution < 1.29 is 23.7 Å². The lowest BCUT2D eigenvalue weighted by molar-refractivity contribution is 0.0913. The average molecular weight is 637 g/mol. The molecular formula is C41H64O5. The number of rotatable bonds is 28. The minimum Gasteiger partial charge on any atom is -0.490 e. The molecule has 0 spiro atoms. The highest BCUT2D eigenvalue weighted by Crippen LogP contribution is 2.42. The standard InChI is InChI=1S/C41H64O5/c1-6-11-15-19-28-43-37-27-26-36(40(45-30-21-17-13-8-3)41(37)46-31-22-18-14-9-4)39(42)38(44-29-20-16-12-7-2)33-35-25-23-24-34(10-5)32-35/h23-27,32-33H,6-22,28-31H2,1-5H3. The van der Waals surface area contributed by atoms with Gasteiger partial charge in [0.2, 0.25) is 11.5 Å². The number of benzene rings is 2. The molecule has 0 aromatic heterocycles. The molecule has 0 fully saturated rings. The van der Waals surface area contributed by atoms with Crippen LogP contribution in [-0.4, -0.2) is 32.2 Å². The molecule has 0 unspecified atom stereocenters. The molecule has 0 aliphatic rings. The number of hydrogen-bond acceptors (Lipinski definition) is 5. The first-order valence-electron chi connectivity index (χ1n) is 18.6. The maximum atomic E-state index is 14.4. The molecular weight excluding hydrogens is 572 g/mol. The Labute approximate surface area is 281 Å². The Morgan fingerprint density at radius 3 is 1.70 bits per heavy atom. The summed E-state index contributed by atoms with van der Waals surface area (Å²) in [5, 5.41) is 0. The van der Waals surface area contributed by atoms with Gasteiger partial charge in [0.1, 0.15) is 0 Å². The van der Waals surface area contributed by atoms with Gasteiger partial charge in [-0.05, 0) is 61.4 Å². The number of carbonyl (C=O) groups is 1. The van der Waals surface area contributed by atoms with Gasteiger partial charge in [-0.25, -0.2) is 0 Å². The molecule has 0 atom stereocenters. The van der Waals surface area contributed by atoms with Crippen LogP contribution in [0.1, 0.15) is 159 Å². The minimum atomic E-state index is -0.189. The highest BCUT2D eigenvalue weighted by Gasteiger charge is 2.26. The summed E-state index contributed by atoms with van der Waals surface area (Å²) in [6.07, 6.45) is 20.3. The predicted octanol–water partition coefficient (Wildman–Crippen LogP) is 11.9. The van der Waals surface area contributed by atoms with E-state index in [1.165, 1.54) is 24.8 Å². The van der Waals surface area contributed by atoms with Gasteiger partial charge in [-0.2, -0.15) is 0 Å². The van der Waals surface area contributed by atoms with Crippen molar-refractivity contribution in [3.8, 4) is 17.2 Å². The first-order valence-corrected chi connectivity index (χ1v) is 18.6. The molecule has 2 rings (SSSR count). The van der Waals surface area contributed by atoms with E-state index in [1.54, 1.807) is 0 Å². The van der Waals surface area contributed by atoms with E-state index in [0.717, 1.165) is 95.5 Å². The lowest BCUT2D eigenvalue weighted by Crippen LogP contribution is -2.13. The number of aryl methyl sites for hydroxylation is 1. The summed E-state index contributed by atoms with van der Waals surface area (Å²) in [4.78, 5) is 14.4. The lowest BCUT2D eigenvalue weighted by atomic mass is 10.0. The van der Waals surface area contributed by atoms with Gasteiger partial charge in [0.05, 0.1) is 32.0 Å². The minimum absolute atomic E-state index is 0.189. The summed E-state index contributed by atoms with van der Waals surface area (Å²) >= 11 is 0. The van der Waals surface area contributed by atoms with Crippen molar-refractivity contribution in [3.05, 3.63) is 58.8 Å².